The Morgan fingerprint density at radius 1 is 0.824 bits per heavy atom. The minimum Gasteiger partial charge on any atom is -0.486 e. The molecule has 0 aliphatic carbocycles. The highest BCUT2D eigenvalue weighted by atomic mass is 16.6. The van der Waals surface area contributed by atoms with Gasteiger partial charge in [0.25, 0.3) is 0 Å². The van der Waals surface area contributed by atoms with Crippen molar-refractivity contribution < 1.29 is 28.2 Å². The van der Waals surface area contributed by atoms with Crippen LogP contribution < -0.4 is 14.2 Å². The van der Waals surface area contributed by atoms with Gasteiger partial charge in [0.15, 0.2) is 11.5 Å². The number of allylic oxidation sites excluding steroid dienone is 1. The Labute approximate surface area is 198 Å². The van der Waals surface area contributed by atoms with Gasteiger partial charge < -0.3 is 18.6 Å². The van der Waals surface area contributed by atoms with Crippen LogP contribution in [0.5, 0.6) is 17.2 Å². The third kappa shape index (κ3) is 6.13. The zero-order valence-electron chi connectivity index (χ0n) is 19.4. The average molecular weight is 459 g/mol. The minimum atomic E-state index is -0.527. The van der Waals surface area contributed by atoms with Crippen LogP contribution in [0.1, 0.15) is 20.8 Å². The van der Waals surface area contributed by atoms with E-state index in [4.69, 9.17) is 18.6 Å². The molecule has 1 heterocycles. The fourth-order valence-electron chi connectivity index (χ4n) is 2.81. The molecular weight excluding hydrogens is 432 g/mol. The largest absolute Gasteiger partial charge is 0.486 e. The Morgan fingerprint density at radius 2 is 1.41 bits per heavy atom. The van der Waals surface area contributed by atoms with Gasteiger partial charge in [-0.25, -0.2) is 9.59 Å². The average Bonchev–Trinajstić information content (AvgIpc) is 3.30. The lowest BCUT2D eigenvalue weighted by atomic mass is 10.1. The van der Waals surface area contributed by atoms with Crippen molar-refractivity contribution in [2.75, 3.05) is 6.61 Å². The standard InChI is InChI=1S/C28H26O6/c1-6-7-16-31-26-17-21(10-13-25(26)34-28(30)19(4)5)24-15-14-23(33-24)20-8-11-22(12-9-20)32-27(29)18(2)3/h6-15,17H,2,4,16H2,1,3,5H3. The van der Waals surface area contributed by atoms with Crippen molar-refractivity contribution >= 4 is 11.9 Å². The number of carbonyl (C=O) groups is 2. The van der Waals surface area contributed by atoms with Gasteiger partial charge in [-0.2, -0.15) is 0 Å². The van der Waals surface area contributed by atoms with Crippen LogP contribution in [-0.4, -0.2) is 18.5 Å². The summed E-state index contributed by atoms with van der Waals surface area (Å²) in [4.78, 5) is 23.7. The summed E-state index contributed by atoms with van der Waals surface area (Å²) in [6.45, 7) is 12.6. The Hall–Kier alpha value is -4.32. The van der Waals surface area contributed by atoms with Crippen LogP contribution in [0.4, 0.5) is 0 Å². The summed E-state index contributed by atoms with van der Waals surface area (Å²) in [5.41, 5.74) is 2.19. The normalized spacial score (nSPS) is 10.7. The van der Waals surface area contributed by atoms with Gasteiger partial charge in [-0.05, 0) is 75.4 Å². The van der Waals surface area contributed by atoms with Gasteiger partial charge >= 0.3 is 11.9 Å². The molecule has 6 nitrogen and oxygen atoms in total. The number of rotatable bonds is 9. The van der Waals surface area contributed by atoms with Crippen LogP contribution in [-0.2, 0) is 9.59 Å². The summed E-state index contributed by atoms with van der Waals surface area (Å²) in [6.07, 6.45) is 3.71. The first kappa shape index (κ1) is 24.3. The topological polar surface area (TPSA) is 75.0 Å². The maximum absolute atomic E-state index is 12.0. The van der Waals surface area contributed by atoms with E-state index in [0.717, 1.165) is 11.1 Å². The van der Waals surface area contributed by atoms with Gasteiger partial charge in [0.2, 0.25) is 0 Å². The van der Waals surface area contributed by atoms with E-state index in [1.807, 2.05) is 31.2 Å². The third-order valence-electron chi connectivity index (χ3n) is 4.65. The second-order valence-electron chi connectivity index (χ2n) is 7.57. The highest BCUT2D eigenvalue weighted by Gasteiger charge is 2.15. The molecule has 0 aliphatic heterocycles. The fraction of sp³-hybridized carbons (Fsp3) is 0.143. The van der Waals surface area contributed by atoms with Crippen molar-refractivity contribution in [3.05, 3.63) is 91.1 Å². The predicted octanol–water partition coefficient (Wildman–Crippen LogP) is 6.53. The molecule has 34 heavy (non-hydrogen) atoms. The SMILES string of the molecule is C=C(C)C(=O)Oc1ccc(-c2ccc(-c3ccc(OC(=O)C(=C)C)c(OCC=CC)c3)o2)cc1. The highest BCUT2D eigenvalue weighted by molar-refractivity contribution is 5.89. The molecule has 0 amide bonds. The lowest BCUT2D eigenvalue weighted by Crippen LogP contribution is -2.09. The monoisotopic (exact) mass is 458 g/mol. The lowest BCUT2D eigenvalue weighted by Gasteiger charge is -2.12. The van der Waals surface area contributed by atoms with Crippen LogP contribution >= 0.6 is 0 Å². The zero-order valence-corrected chi connectivity index (χ0v) is 19.4. The zero-order chi connectivity index (χ0) is 24.7. The number of hydrogen-bond acceptors (Lipinski definition) is 6. The first-order valence-electron chi connectivity index (χ1n) is 10.6. The minimum absolute atomic E-state index is 0.291. The number of carbonyl (C=O) groups excluding carboxylic acids is 2. The molecule has 0 N–H and O–H groups in total. The Morgan fingerprint density at radius 3 is 2.03 bits per heavy atom. The lowest BCUT2D eigenvalue weighted by molar-refractivity contribution is -0.131. The van der Waals surface area contributed by atoms with Gasteiger partial charge in [-0.3, -0.25) is 0 Å². The fourth-order valence-corrected chi connectivity index (χ4v) is 2.81. The first-order valence-corrected chi connectivity index (χ1v) is 10.6. The van der Waals surface area contributed by atoms with Crippen LogP contribution in [0.25, 0.3) is 22.6 Å². The van der Waals surface area contributed by atoms with Crippen molar-refractivity contribution in [1.29, 1.82) is 0 Å². The second-order valence-corrected chi connectivity index (χ2v) is 7.57. The third-order valence-corrected chi connectivity index (χ3v) is 4.65. The molecule has 0 unspecified atom stereocenters. The van der Waals surface area contributed by atoms with Crippen LogP contribution in [0, 0.1) is 0 Å². The number of esters is 2. The maximum Gasteiger partial charge on any atom is 0.338 e. The molecule has 0 spiro atoms. The highest BCUT2D eigenvalue weighted by Crippen LogP contribution is 2.36. The molecule has 0 fully saturated rings. The molecule has 2 aromatic carbocycles. The van der Waals surface area contributed by atoms with E-state index in [9.17, 15) is 9.59 Å². The van der Waals surface area contributed by atoms with Gasteiger partial charge in [0.1, 0.15) is 23.9 Å². The van der Waals surface area contributed by atoms with Crippen molar-refractivity contribution in [3.63, 3.8) is 0 Å². The van der Waals surface area contributed by atoms with E-state index in [1.54, 1.807) is 56.3 Å². The van der Waals surface area contributed by atoms with Gasteiger partial charge in [-0.15, -0.1) is 0 Å². The summed E-state index contributed by atoms with van der Waals surface area (Å²) in [5, 5.41) is 0. The van der Waals surface area contributed by atoms with E-state index in [1.165, 1.54) is 0 Å². The maximum atomic E-state index is 12.0. The van der Waals surface area contributed by atoms with E-state index < -0.39 is 11.9 Å². The summed E-state index contributed by atoms with van der Waals surface area (Å²) in [5.74, 6) is 1.38. The summed E-state index contributed by atoms with van der Waals surface area (Å²) < 4.78 is 22.4. The van der Waals surface area contributed by atoms with Crippen molar-refractivity contribution in [2.24, 2.45) is 0 Å². The molecular formula is C28H26O6. The Kier molecular flexibility index (Phi) is 7.88. The molecule has 0 saturated carbocycles. The Balaban J connectivity index is 1.83. The molecule has 174 valence electrons. The molecule has 0 saturated heterocycles. The summed E-state index contributed by atoms with van der Waals surface area (Å²) >= 11 is 0. The number of benzene rings is 2. The predicted molar refractivity (Wildman–Crippen MR) is 131 cm³/mol. The molecule has 1 aromatic heterocycles. The molecule has 0 aliphatic rings. The van der Waals surface area contributed by atoms with E-state index in [-0.39, 0.29) is 0 Å². The van der Waals surface area contributed by atoms with Crippen LogP contribution in [0.3, 0.4) is 0 Å². The molecule has 0 atom stereocenters. The Bertz CT molecular complexity index is 1240. The van der Waals surface area contributed by atoms with E-state index in [2.05, 4.69) is 13.2 Å². The number of furan rings is 1. The molecule has 3 aromatic rings. The van der Waals surface area contributed by atoms with Gasteiger partial charge in [0, 0.05) is 22.3 Å². The molecule has 3 rings (SSSR count). The number of hydrogen-bond donors (Lipinski definition) is 0. The van der Waals surface area contributed by atoms with E-state index >= 15 is 0 Å². The van der Waals surface area contributed by atoms with Crippen molar-refractivity contribution in [3.8, 4) is 39.9 Å². The van der Waals surface area contributed by atoms with Gasteiger partial charge in [-0.1, -0.05) is 25.3 Å². The first-order chi connectivity index (χ1) is 16.3. The summed E-state index contributed by atoms with van der Waals surface area (Å²) in [6, 6.07) is 15.9. The quantitative estimate of drug-likeness (QED) is 0.157. The van der Waals surface area contributed by atoms with Gasteiger partial charge in [0.05, 0.1) is 0 Å². The molecule has 6 heteroatoms. The number of ether oxygens (including phenoxy) is 3. The van der Waals surface area contributed by atoms with Crippen LogP contribution in [0.2, 0.25) is 0 Å². The van der Waals surface area contributed by atoms with Crippen molar-refractivity contribution in [2.45, 2.75) is 20.8 Å². The second kappa shape index (κ2) is 11.0. The molecule has 0 bridgehead atoms. The van der Waals surface area contributed by atoms with E-state index in [0.29, 0.717) is 46.5 Å². The summed E-state index contributed by atoms with van der Waals surface area (Å²) in [7, 11) is 0. The van der Waals surface area contributed by atoms with Crippen LogP contribution in [0.15, 0.2) is 95.5 Å². The molecule has 0 radical (unpaired) electrons. The van der Waals surface area contributed by atoms with Crippen molar-refractivity contribution in [1.82, 2.24) is 0 Å². The smallest absolute Gasteiger partial charge is 0.338 e.